The SMILES string of the molecule is [CH2]CN(C)C(=O)OCCCCC. The Bertz CT molecular complexity index is 126. The van der Waals surface area contributed by atoms with Gasteiger partial charge in [-0.15, -0.1) is 0 Å². The smallest absolute Gasteiger partial charge is 0.409 e. The fraction of sp³-hybridized carbons (Fsp3) is 0.778. The summed E-state index contributed by atoms with van der Waals surface area (Å²) in [6.45, 7) is 6.67. The van der Waals surface area contributed by atoms with Crippen molar-refractivity contribution in [1.29, 1.82) is 0 Å². The number of carbonyl (C=O) groups excluding carboxylic acids is 1. The summed E-state index contributed by atoms with van der Waals surface area (Å²) in [5, 5.41) is 0. The average Bonchev–Trinajstić information content (AvgIpc) is 2.10. The molecule has 12 heavy (non-hydrogen) atoms. The van der Waals surface area contributed by atoms with E-state index in [2.05, 4.69) is 13.8 Å². The maximum absolute atomic E-state index is 11.0. The molecule has 71 valence electrons. The van der Waals surface area contributed by atoms with Gasteiger partial charge >= 0.3 is 6.09 Å². The zero-order chi connectivity index (χ0) is 9.40. The average molecular weight is 172 g/mol. The Morgan fingerprint density at radius 2 is 2.17 bits per heavy atom. The lowest BCUT2D eigenvalue weighted by Crippen LogP contribution is -2.27. The van der Waals surface area contributed by atoms with Gasteiger partial charge in [-0.3, -0.25) is 0 Å². The van der Waals surface area contributed by atoms with Crippen molar-refractivity contribution in [2.45, 2.75) is 26.2 Å². The maximum Gasteiger partial charge on any atom is 0.409 e. The molecule has 1 amide bonds. The predicted molar refractivity (Wildman–Crippen MR) is 48.9 cm³/mol. The van der Waals surface area contributed by atoms with Gasteiger partial charge in [-0.1, -0.05) is 19.8 Å². The first-order valence-corrected chi connectivity index (χ1v) is 4.39. The van der Waals surface area contributed by atoms with Gasteiger partial charge in [0.1, 0.15) is 0 Å². The monoisotopic (exact) mass is 172 g/mol. The summed E-state index contributed by atoms with van der Waals surface area (Å²) >= 11 is 0. The van der Waals surface area contributed by atoms with Crippen LogP contribution in [-0.2, 0) is 4.74 Å². The highest BCUT2D eigenvalue weighted by atomic mass is 16.6. The molecule has 1 radical (unpaired) electrons. The lowest BCUT2D eigenvalue weighted by molar-refractivity contribution is 0.112. The van der Waals surface area contributed by atoms with Crippen molar-refractivity contribution in [2.24, 2.45) is 0 Å². The molecule has 0 aromatic heterocycles. The molecule has 0 atom stereocenters. The molecule has 0 saturated heterocycles. The Labute approximate surface area is 74.7 Å². The van der Waals surface area contributed by atoms with E-state index in [1.54, 1.807) is 7.05 Å². The van der Waals surface area contributed by atoms with E-state index in [9.17, 15) is 4.79 Å². The van der Waals surface area contributed by atoms with Gasteiger partial charge in [0, 0.05) is 13.6 Å². The minimum absolute atomic E-state index is 0.277. The normalized spacial score (nSPS) is 9.58. The van der Waals surface area contributed by atoms with Crippen molar-refractivity contribution >= 4 is 6.09 Å². The zero-order valence-electron chi connectivity index (χ0n) is 8.01. The van der Waals surface area contributed by atoms with Gasteiger partial charge in [0.2, 0.25) is 0 Å². The van der Waals surface area contributed by atoms with Crippen LogP contribution in [0.4, 0.5) is 4.79 Å². The molecule has 0 spiro atoms. The van der Waals surface area contributed by atoms with E-state index in [1.807, 2.05) is 0 Å². The van der Waals surface area contributed by atoms with Gasteiger partial charge in [-0.05, 0) is 13.3 Å². The molecule has 0 fully saturated rings. The van der Waals surface area contributed by atoms with Gasteiger partial charge in [0.15, 0.2) is 0 Å². The van der Waals surface area contributed by atoms with Crippen molar-refractivity contribution in [3.05, 3.63) is 6.92 Å². The number of ether oxygens (including phenoxy) is 1. The number of hydrogen-bond donors (Lipinski definition) is 0. The van der Waals surface area contributed by atoms with Gasteiger partial charge in [-0.25, -0.2) is 4.79 Å². The van der Waals surface area contributed by atoms with Crippen LogP contribution in [0.3, 0.4) is 0 Å². The molecule has 3 nitrogen and oxygen atoms in total. The van der Waals surface area contributed by atoms with Gasteiger partial charge < -0.3 is 9.64 Å². The first-order valence-electron chi connectivity index (χ1n) is 4.39. The quantitative estimate of drug-likeness (QED) is 0.594. The van der Waals surface area contributed by atoms with E-state index < -0.39 is 0 Å². The lowest BCUT2D eigenvalue weighted by Gasteiger charge is -2.13. The maximum atomic E-state index is 11.0. The van der Waals surface area contributed by atoms with Crippen LogP contribution in [0.15, 0.2) is 0 Å². The number of carbonyl (C=O) groups is 1. The fourth-order valence-electron chi connectivity index (χ4n) is 0.713. The van der Waals surface area contributed by atoms with E-state index in [0.717, 1.165) is 19.3 Å². The number of hydrogen-bond acceptors (Lipinski definition) is 2. The van der Waals surface area contributed by atoms with Crippen LogP contribution < -0.4 is 0 Å². The molecular formula is C9H18NO2. The Morgan fingerprint density at radius 3 is 2.67 bits per heavy atom. The first kappa shape index (κ1) is 11.3. The third-order valence-corrected chi connectivity index (χ3v) is 1.62. The molecule has 0 aliphatic rings. The highest BCUT2D eigenvalue weighted by Gasteiger charge is 2.05. The highest BCUT2D eigenvalue weighted by molar-refractivity contribution is 5.67. The third-order valence-electron chi connectivity index (χ3n) is 1.62. The van der Waals surface area contributed by atoms with Crippen LogP contribution in [0.5, 0.6) is 0 Å². The molecule has 0 aromatic carbocycles. The molecule has 0 saturated carbocycles. The minimum Gasteiger partial charge on any atom is -0.449 e. The van der Waals surface area contributed by atoms with Crippen LogP contribution >= 0.6 is 0 Å². The van der Waals surface area contributed by atoms with Crippen molar-refractivity contribution in [1.82, 2.24) is 4.90 Å². The number of unbranched alkanes of at least 4 members (excludes halogenated alkanes) is 2. The summed E-state index contributed by atoms with van der Waals surface area (Å²) in [7, 11) is 1.68. The molecule has 0 aromatic rings. The largest absolute Gasteiger partial charge is 0.449 e. The Balaban J connectivity index is 3.31. The lowest BCUT2D eigenvalue weighted by atomic mass is 10.3. The van der Waals surface area contributed by atoms with Crippen LogP contribution in [0.1, 0.15) is 26.2 Å². The second-order valence-electron chi connectivity index (χ2n) is 2.74. The van der Waals surface area contributed by atoms with Crippen molar-refractivity contribution in [2.75, 3.05) is 20.2 Å². The molecule has 3 heteroatoms. The van der Waals surface area contributed by atoms with Crippen molar-refractivity contribution in [3.8, 4) is 0 Å². The summed E-state index contributed by atoms with van der Waals surface area (Å²) in [5.74, 6) is 0. The number of amides is 1. The number of rotatable bonds is 5. The zero-order valence-corrected chi connectivity index (χ0v) is 8.01. The topological polar surface area (TPSA) is 29.5 Å². The van der Waals surface area contributed by atoms with E-state index >= 15 is 0 Å². The van der Waals surface area contributed by atoms with Gasteiger partial charge in [0.25, 0.3) is 0 Å². The van der Waals surface area contributed by atoms with E-state index in [-0.39, 0.29) is 6.09 Å². The summed E-state index contributed by atoms with van der Waals surface area (Å²) in [4.78, 5) is 12.5. The second kappa shape index (κ2) is 6.95. The Hall–Kier alpha value is -0.730. The molecule has 0 rings (SSSR count). The Kier molecular flexibility index (Phi) is 6.53. The van der Waals surface area contributed by atoms with Crippen LogP contribution in [0.2, 0.25) is 0 Å². The molecule has 0 heterocycles. The fourth-order valence-corrected chi connectivity index (χ4v) is 0.713. The predicted octanol–water partition coefficient (Wildman–Crippen LogP) is 2.08. The van der Waals surface area contributed by atoms with Crippen LogP contribution in [0.25, 0.3) is 0 Å². The molecule has 0 unspecified atom stereocenters. The molecule has 0 aliphatic carbocycles. The van der Waals surface area contributed by atoms with E-state index in [0.29, 0.717) is 13.2 Å². The Morgan fingerprint density at radius 1 is 1.50 bits per heavy atom. The highest BCUT2D eigenvalue weighted by Crippen LogP contribution is 1.96. The van der Waals surface area contributed by atoms with Gasteiger partial charge in [0.05, 0.1) is 6.61 Å². The molecule has 0 bridgehead atoms. The molecule has 0 aliphatic heterocycles. The number of nitrogens with zero attached hydrogens (tertiary/aromatic N) is 1. The van der Waals surface area contributed by atoms with E-state index in [1.165, 1.54) is 4.90 Å². The molecular weight excluding hydrogens is 154 g/mol. The molecule has 0 N–H and O–H groups in total. The minimum atomic E-state index is -0.277. The third kappa shape index (κ3) is 4.99. The first-order chi connectivity index (χ1) is 5.72. The standard InChI is InChI=1S/C9H18NO2/c1-4-6-7-8-12-9(11)10(3)5-2/h2,4-8H2,1,3H3. The van der Waals surface area contributed by atoms with Crippen molar-refractivity contribution < 1.29 is 9.53 Å². The van der Waals surface area contributed by atoms with E-state index in [4.69, 9.17) is 4.74 Å². The van der Waals surface area contributed by atoms with Crippen LogP contribution in [0, 0.1) is 6.92 Å². The van der Waals surface area contributed by atoms with Crippen molar-refractivity contribution in [3.63, 3.8) is 0 Å². The summed E-state index contributed by atoms with van der Waals surface area (Å²) in [5.41, 5.74) is 0. The van der Waals surface area contributed by atoms with Gasteiger partial charge in [-0.2, -0.15) is 0 Å². The summed E-state index contributed by atoms with van der Waals surface area (Å²) < 4.78 is 4.94. The summed E-state index contributed by atoms with van der Waals surface area (Å²) in [6, 6.07) is 0. The summed E-state index contributed by atoms with van der Waals surface area (Å²) in [6.07, 6.45) is 2.93. The second-order valence-corrected chi connectivity index (χ2v) is 2.74. The van der Waals surface area contributed by atoms with Crippen LogP contribution in [-0.4, -0.2) is 31.2 Å².